The largest absolute Gasteiger partial charge is 0.437 e. The summed E-state index contributed by atoms with van der Waals surface area (Å²) in [5, 5.41) is 2.17. The number of hydrogen-bond acceptors (Lipinski definition) is 2. The number of rotatable bonds is 5. The zero-order valence-electron chi connectivity index (χ0n) is 38.5. The lowest BCUT2D eigenvalue weighted by Crippen LogP contribution is -2.49. The fourth-order valence-electron chi connectivity index (χ4n) is 12.1. The van der Waals surface area contributed by atoms with Crippen LogP contribution in [-0.4, -0.2) is 4.98 Å². The van der Waals surface area contributed by atoms with Crippen LogP contribution in [0.3, 0.4) is 0 Å². The number of furan rings is 1. The van der Waals surface area contributed by atoms with E-state index in [0.717, 1.165) is 47.0 Å². The zero-order chi connectivity index (χ0) is 43.8. The summed E-state index contributed by atoms with van der Waals surface area (Å²) in [5.74, 6) is 1.47. The third-order valence-corrected chi connectivity index (χ3v) is 15.1. The number of pyridine rings is 3. The quantitative estimate of drug-likeness (QED) is 0.162. The molecule has 0 bridgehead atoms. The Hall–Kier alpha value is -6.13. The highest BCUT2D eigenvalue weighted by Crippen LogP contribution is 2.47. The molecule has 2 atom stereocenters. The van der Waals surface area contributed by atoms with Crippen molar-refractivity contribution in [1.82, 2.24) is 4.98 Å². The maximum absolute atomic E-state index is 7.24. The molecule has 0 spiro atoms. The van der Waals surface area contributed by atoms with Crippen molar-refractivity contribution in [3.63, 3.8) is 0 Å². The van der Waals surface area contributed by atoms with E-state index < -0.39 is 0 Å². The van der Waals surface area contributed by atoms with Crippen LogP contribution in [0.4, 0.5) is 0 Å². The van der Waals surface area contributed by atoms with Gasteiger partial charge in [0.25, 0.3) is 0 Å². The molecule has 8 aromatic rings. The van der Waals surface area contributed by atoms with Crippen molar-refractivity contribution >= 4 is 27.8 Å². The number of benzene rings is 4. The molecule has 4 nitrogen and oxygen atoms in total. The molecule has 4 aromatic carbocycles. The molecule has 0 saturated heterocycles. The average molecular weight is 840 g/mol. The van der Waals surface area contributed by atoms with E-state index in [1.807, 2.05) is 0 Å². The Kier molecular flexibility index (Phi) is 10.2. The minimum absolute atomic E-state index is 0.271. The molecule has 3 aliphatic rings. The minimum atomic E-state index is 0.271. The zero-order valence-corrected chi connectivity index (χ0v) is 38.5. The van der Waals surface area contributed by atoms with Crippen LogP contribution in [0.5, 0.6) is 0 Å². The summed E-state index contributed by atoms with van der Waals surface area (Å²) in [6.45, 7) is 18.8. The van der Waals surface area contributed by atoms with E-state index in [-0.39, 0.29) is 12.0 Å². The van der Waals surface area contributed by atoms with Crippen LogP contribution in [0.1, 0.15) is 141 Å². The topological polar surface area (TPSA) is 33.8 Å². The van der Waals surface area contributed by atoms with E-state index in [2.05, 4.69) is 172 Å². The van der Waals surface area contributed by atoms with Crippen LogP contribution < -0.4 is 9.13 Å². The van der Waals surface area contributed by atoms with Crippen molar-refractivity contribution in [1.29, 1.82) is 0 Å². The second-order valence-electron chi connectivity index (χ2n) is 19.9. The Balaban J connectivity index is 1.13. The molecule has 1 saturated carbocycles. The second-order valence-corrected chi connectivity index (χ2v) is 19.9. The third-order valence-electron chi connectivity index (χ3n) is 15.1. The van der Waals surface area contributed by atoms with E-state index in [1.165, 1.54) is 110 Å². The summed E-state index contributed by atoms with van der Waals surface area (Å²) in [6.07, 6.45) is 14.1. The molecule has 0 N–H and O–H groups in total. The van der Waals surface area contributed by atoms with Crippen LogP contribution >= 0.6 is 0 Å². The first-order valence-corrected chi connectivity index (χ1v) is 24.1. The Labute approximate surface area is 379 Å². The average Bonchev–Trinajstić information content (AvgIpc) is 3.68. The maximum atomic E-state index is 7.24. The van der Waals surface area contributed by atoms with Crippen molar-refractivity contribution in [3.05, 3.63) is 167 Å². The van der Waals surface area contributed by atoms with Gasteiger partial charge in [0, 0.05) is 58.0 Å². The summed E-state index contributed by atoms with van der Waals surface area (Å²) in [6, 6.07) is 41.2. The Morgan fingerprint density at radius 2 is 1.47 bits per heavy atom. The molecule has 4 aromatic heterocycles. The predicted molar refractivity (Wildman–Crippen MR) is 264 cm³/mol. The third kappa shape index (κ3) is 6.75. The van der Waals surface area contributed by atoms with Gasteiger partial charge >= 0.3 is 0 Å². The van der Waals surface area contributed by atoms with Crippen LogP contribution in [-0.2, 0) is 6.42 Å². The van der Waals surface area contributed by atoms with Gasteiger partial charge in [-0.3, -0.25) is 0 Å². The molecule has 2 unspecified atom stereocenters. The normalized spacial score (nSPS) is 17.6. The summed E-state index contributed by atoms with van der Waals surface area (Å²) >= 11 is 0. The lowest BCUT2D eigenvalue weighted by atomic mass is 9.77. The molecular weight excluding hydrogens is 779 g/mol. The lowest BCUT2D eigenvalue weighted by molar-refractivity contribution is -0.719. The number of fused-ring (bicyclic) bond motifs is 13. The van der Waals surface area contributed by atoms with Gasteiger partial charge in [0.1, 0.15) is 0 Å². The molecule has 0 radical (unpaired) electrons. The molecule has 64 heavy (non-hydrogen) atoms. The SMILES string of the molecule is C=C1CC2c3ccccc3-c3ccc(C)c[n+]3C2CCc2ccc3c(oc4nc(-c5c(C(C)C)ccc(-c6ccccc6)c5C(C)C)ccc43)c2-c2cc(C)c(C3CCCCC3)c[n+]21. The van der Waals surface area contributed by atoms with Crippen molar-refractivity contribution in [2.45, 2.75) is 123 Å². The fourth-order valence-corrected chi connectivity index (χ4v) is 12.1. The number of hydrogen-bond donors (Lipinski definition) is 0. The second kappa shape index (κ2) is 16.1. The Morgan fingerprint density at radius 1 is 0.688 bits per heavy atom. The smallest absolute Gasteiger partial charge is 0.227 e. The Bertz CT molecular complexity index is 3130. The van der Waals surface area contributed by atoms with Crippen LogP contribution in [0.2, 0.25) is 0 Å². The lowest BCUT2D eigenvalue weighted by Gasteiger charge is -2.31. The van der Waals surface area contributed by atoms with E-state index in [0.29, 0.717) is 23.5 Å². The van der Waals surface area contributed by atoms with E-state index in [1.54, 1.807) is 0 Å². The van der Waals surface area contributed by atoms with Gasteiger partial charge in [0.05, 0.1) is 17.2 Å². The fraction of sp³-hybridized carbons (Fsp3) is 0.317. The van der Waals surface area contributed by atoms with Crippen LogP contribution in [0, 0.1) is 13.8 Å². The van der Waals surface area contributed by atoms with E-state index >= 15 is 0 Å². The molecule has 11 rings (SSSR count). The number of aryl methyl sites for hydroxylation is 3. The van der Waals surface area contributed by atoms with Crippen molar-refractivity contribution < 1.29 is 13.6 Å². The summed E-state index contributed by atoms with van der Waals surface area (Å²) in [4.78, 5) is 5.51. The van der Waals surface area contributed by atoms with Crippen molar-refractivity contribution in [2.75, 3.05) is 0 Å². The van der Waals surface area contributed by atoms with Gasteiger partial charge in [0.15, 0.2) is 29.7 Å². The summed E-state index contributed by atoms with van der Waals surface area (Å²) < 4.78 is 12.3. The number of nitrogens with zero attached hydrogens (tertiary/aromatic N) is 3. The van der Waals surface area contributed by atoms with Crippen LogP contribution in [0.15, 0.2) is 133 Å². The number of aromatic nitrogens is 3. The first-order valence-electron chi connectivity index (χ1n) is 24.1. The van der Waals surface area contributed by atoms with Gasteiger partial charge in [-0.2, -0.15) is 9.13 Å². The molecule has 6 heterocycles. The Morgan fingerprint density at radius 3 is 2.27 bits per heavy atom. The predicted octanol–water partition coefficient (Wildman–Crippen LogP) is 15.3. The van der Waals surface area contributed by atoms with Gasteiger partial charge in [-0.25, -0.2) is 4.98 Å². The molecule has 1 aliphatic carbocycles. The summed E-state index contributed by atoms with van der Waals surface area (Å²) in [7, 11) is 0. The van der Waals surface area contributed by atoms with Gasteiger partial charge in [-0.15, -0.1) is 0 Å². The van der Waals surface area contributed by atoms with E-state index in [9.17, 15) is 0 Å². The number of allylic oxidation sites excluding steroid dienone is 1. The maximum Gasteiger partial charge on any atom is 0.227 e. The van der Waals surface area contributed by atoms with Gasteiger partial charge < -0.3 is 4.42 Å². The van der Waals surface area contributed by atoms with Gasteiger partial charge in [-0.1, -0.05) is 120 Å². The molecular formula is C60H61N3O+2. The summed E-state index contributed by atoms with van der Waals surface area (Å²) in [5.41, 5.74) is 22.0. The van der Waals surface area contributed by atoms with Crippen molar-refractivity contribution in [3.8, 4) is 44.9 Å². The van der Waals surface area contributed by atoms with E-state index in [4.69, 9.17) is 16.0 Å². The minimum Gasteiger partial charge on any atom is -0.437 e. The van der Waals surface area contributed by atoms with Gasteiger partial charge in [-0.05, 0) is 121 Å². The molecule has 320 valence electrons. The molecule has 4 heteroatoms. The highest BCUT2D eigenvalue weighted by atomic mass is 16.3. The molecule has 0 amide bonds. The molecule has 1 fully saturated rings. The molecule has 2 aliphatic heterocycles. The van der Waals surface area contributed by atoms with Gasteiger partial charge in [0.2, 0.25) is 17.1 Å². The highest BCUT2D eigenvalue weighted by Gasteiger charge is 2.43. The first kappa shape index (κ1) is 40.6. The highest BCUT2D eigenvalue weighted by molar-refractivity contribution is 6.09. The van der Waals surface area contributed by atoms with Crippen molar-refractivity contribution in [2.24, 2.45) is 0 Å². The first-order chi connectivity index (χ1) is 31.1. The standard InChI is InChI=1S/C60H61N3O/c1-36(2)44-26-27-45(41-16-10-8-11-17-41)56(37(3)4)58(44)52-29-28-49-48-25-23-43-24-31-54-50(46-20-14-15-21-47(46)53-30-22-38(5)34-63(53)54)33-40(7)62-35-51(42-18-12-9-13-19-42)39(6)32-55(62)57(43)59(48)64-60(49)61-52/h8,10-11,14-17,20-23,25-30,32,34-37,42,50,54H,7,9,12-13,18-19,24,31,33H2,1-6H3/q+2. The van der Waals surface area contributed by atoms with Crippen LogP contribution in [0.25, 0.3) is 72.7 Å². The monoisotopic (exact) mass is 839 g/mol.